The van der Waals surface area contributed by atoms with Crippen molar-refractivity contribution in [3.63, 3.8) is 0 Å². The van der Waals surface area contributed by atoms with Crippen LogP contribution in [0.1, 0.15) is 39.3 Å². The number of rotatable bonds is 3. The van der Waals surface area contributed by atoms with Crippen molar-refractivity contribution >= 4 is 6.09 Å². The number of nitrogens with zero attached hydrogens (tertiary/aromatic N) is 3. The van der Waals surface area contributed by atoms with Gasteiger partial charge in [0.15, 0.2) is 0 Å². The summed E-state index contributed by atoms with van der Waals surface area (Å²) in [6.07, 6.45) is 1.61. The van der Waals surface area contributed by atoms with Crippen molar-refractivity contribution in [1.29, 1.82) is 0 Å². The monoisotopic (exact) mass is 293 g/mol. The van der Waals surface area contributed by atoms with Crippen LogP contribution in [0.2, 0.25) is 0 Å². The van der Waals surface area contributed by atoms with Gasteiger partial charge in [-0.15, -0.1) is 5.10 Å². The van der Waals surface area contributed by atoms with E-state index in [-0.39, 0.29) is 12.1 Å². The third kappa shape index (κ3) is 4.58. The average molecular weight is 293 g/mol. The molecule has 0 spiro atoms. The number of ether oxygens (including phenoxy) is 2. The van der Waals surface area contributed by atoms with E-state index >= 15 is 0 Å². The Kier molecular flexibility index (Phi) is 4.65. The predicted molar refractivity (Wildman–Crippen MR) is 78.2 cm³/mol. The van der Waals surface area contributed by atoms with Crippen molar-refractivity contribution in [3.8, 4) is 5.88 Å². The normalized spacial score (nSPS) is 18.7. The summed E-state index contributed by atoms with van der Waals surface area (Å²) in [6, 6.07) is 3.67. The SMILES string of the molecule is Cc1ccc(OC[C@H]2CCCN2C(=O)OC(C)(C)C)nn1. The fourth-order valence-electron chi connectivity index (χ4n) is 2.22. The second kappa shape index (κ2) is 6.28. The maximum Gasteiger partial charge on any atom is 0.410 e. The van der Waals surface area contributed by atoms with Gasteiger partial charge >= 0.3 is 6.09 Å². The highest BCUT2D eigenvalue weighted by molar-refractivity contribution is 5.69. The highest BCUT2D eigenvalue weighted by Crippen LogP contribution is 2.21. The molecule has 0 bridgehead atoms. The zero-order chi connectivity index (χ0) is 15.5. The molecule has 1 aliphatic rings. The summed E-state index contributed by atoms with van der Waals surface area (Å²) in [4.78, 5) is 13.9. The lowest BCUT2D eigenvalue weighted by Gasteiger charge is -2.28. The Bertz CT molecular complexity index is 482. The minimum absolute atomic E-state index is 0.0305. The molecule has 0 radical (unpaired) electrons. The van der Waals surface area contributed by atoms with Gasteiger partial charge in [-0.1, -0.05) is 0 Å². The van der Waals surface area contributed by atoms with Crippen LogP contribution in [0.25, 0.3) is 0 Å². The standard InChI is InChI=1S/C15H23N3O3/c1-11-7-8-13(17-16-11)20-10-12-6-5-9-18(12)14(19)21-15(2,3)4/h7-8,12H,5-6,9-10H2,1-4H3/t12-/m1/s1. The third-order valence-electron chi connectivity index (χ3n) is 3.20. The van der Waals surface area contributed by atoms with Crippen molar-refractivity contribution in [2.45, 2.75) is 52.2 Å². The zero-order valence-electron chi connectivity index (χ0n) is 13.1. The second-order valence-corrected chi connectivity index (χ2v) is 6.29. The van der Waals surface area contributed by atoms with Crippen LogP contribution < -0.4 is 4.74 Å². The van der Waals surface area contributed by atoms with Crippen molar-refractivity contribution in [3.05, 3.63) is 17.8 Å². The van der Waals surface area contributed by atoms with Crippen LogP contribution in [0.3, 0.4) is 0 Å². The zero-order valence-corrected chi connectivity index (χ0v) is 13.1. The Morgan fingerprint density at radius 3 is 2.76 bits per heavy atom. The first-order valence-electron chi connectivity index (χ1n) is 7.28. The van der Waals surface area contributed by atoms with E-state index in [1.54, 1.807) is 11.0 Å². The Labute approximate surface area is 125 Å². The summed E-state index contributed by atoms with van der Waals surface area (Å²) >= 11 is 0. The molecule has 0 N–H and O–H groups in total. The Morgan fingerprint density at radius 2 is 2.14 bits per heavy atom. The summed E-state index contributed by atoms with van der Waals surface area (Å²) in [5.74, 6) is 0.483. The number of aromatic nitrogens is 2. The van der Waals surface area contributed by atoms with Gasteiger partial charge in [0.1, 0.15) is 12.2 Å². The lowest BCUT2D eigenvalue weighted by atomic mass is 10.2. The molecular formula is C15H23N3O3. The molecule has 1 aromatic heterocycles. The first-order chi connectivity index (χ1) is 9.85. The molecule has 0 unspecified atom stereocenters. The Morgan fingerprint density at radius 1 is 1.38 bits per heavy atom. The van der Waals surface area contributed by atoms with Gasteiger partial charge in [0, 0.05) is 12.6 Å². The molecule has 6 nitrogen and oxygen atoms in total. The van der Waals surface area contributed by atoms with Crippen LogP contribution >= 0.6 is 0 Å². The molecule has 1 fully saturated rings. The molecule has 21 heavy (non-hydrogen) atoms. The van der Waals surface area contributed by atoms with E-state index in [2.05, 4.69) is 10.2 Å². The summed E-state index contributed by atoms with van der Waals surface area (Å²) in [7, 11) is 0. The summed E-state index contributed by atoms with van der Waals surface area (Å²) in [6.45, 7) is 8.61. The van der Waals surface area contributed by atoms with E-state index < -0.39 is 5.60 Å². The molecule has 2 rings (SSSR count). The molecular weight excluding hydrogens is 270 g/mol. The minimum Gasteiger partial charge on any atom is -0.474 e. The Balaban J connectivity index is 1.90. The van der Waals surface area contributed by atoms with Crippen molar-refractivity contribution in [2.75, 3.05) is 13.2 Å². The van der Waals surface area contributed by atoms with Crippen LogP contribution in [0.15, 0.2) is 12.1 Å². The molecule has 0 aromatic carbocycles. The van der Waals surface area contributed by atoms with E-state index in [4.69, 9.17) is 9.47 Å². The molecule has 1 amide bonds. The van der Waals surface area contributed by atoms with Gasteiger partial charge in [0.2, 0.25) is 5.88 Å². The lowest BCUT2D eigenvalue weighted by Crippen LogP contribution is -2.42. The number of carbonyl (C=O) groups is 1. The van der Waals surface area contributed by atoms with Gasteiger partial charge < -0.3 is 14.4 Å². The van der Waals surface area contributed by atoms with E-state index in [0.717, 1.165) is 18.5 Å². The molecule has 1 saturated heterocycles. The number of aryl methyl sites for hydroxylation is 1. The van der Waals surface area contributed by atoms with Crippen LogP contribution in [0.4, 0.5) is 4.79 Å². The molecule has 2 heterocycles. The largest absolute Gasteiger partial charge is 0.474 e. The number of likely N-dealkylation sites (tertiary alicyclic amines) is 1. The molecule has 6 heteroatoms. The smallest absolute Gasteiger partial charge is 0.410 e. The number of hydrogen-bond donors (Lipinski definition) is 0. The number of hydrogen-bond acceptors (Lipinski definition) is 5. The van der Waals surface area contributed by atoms with E-state index in [1.807, 2.05) is 33.8 Å². The van der Waals surface area contributed by atoms with Gasteiger partial charge in [0.25, 0.3) is 0 Å². The van der Waals surface area contributed by atoms with Crippen LogP contribution in [0.5, 0.6) is 5.88 Å². The van der Waals surface area contributed by atoms with E-state index in [0.29, 0.717) is 19.0 Å². The summed E-state index contributed by atoms with van der Waals surface area (Å²) < 4.78 is 11.1. The topological polar surface area (TPSA) is 64.5 Å². The average Bonchev–Trinajstić information content (AvgIpc) is 2.84. The molecule has 0 saturated carbocycles. The van der Waals surface area contributed by atoms with Crippen molar-refractivity contribution in [1.82, 2.24) is 15.1 Å². The predicted octanol–water partition coefficient (Wildman–Crippen LogP) is 2.56. The maximum absolute atomic E-state index is 12.1. The number of carbonyl (C=O) groups excluding carboxylic acids is 1. The van der Waals surface area contributed by atoms with Gasteiger partial charge in [0.05, 0.1) is 11.7 Å². The van der Waals surface area contributed by atoms with E-state index in [1.165, 1.54) is 0 Å². The highest BCUT2D eigenvalue weighted by Gasteiger charge is 2.32. The fraction of sp³-hybridized carbons (Fsp3) is 0.667. The molecule has 116 valence electrons. The lowest BCUT2D eigenvalue weighted by molar-refractivity contribution is 0.0185. The summed E-state index contributed by atoms with van der Waals surface area (Å²) in [5.41, 5.74) is 0.367. The van der Waals surface area contributed by atoms with Crippen LogP contribution in [-0.2, 0) is 4.74 Å². The molecule has 1 atom stereocenters. The first kappa shape index (κ1) is 15.5. The Hall–Kier alpha value is -1.85. The second-order valence-electron chi connectivity index (χ2n) is 6.29. The van der Waals surface area contributed by atoms with Gasteiger partial charge in [-0.25, -0.2) is 4.79 Å². The van der Waals surface area contributed by atoms with E-state index in [9.17, 15) is 4.79 Å². The van der Waals surface area contributed by atoms with Gasteiger partial charge in [-0.3, -0.25) is 0 Å². The third-order valence-corrected chi connectivity index (χ3v) is 3.20. The van der Waals surface area contributed by atoms with Crippen LogP contribution in [-0.4, -0.2) is 46.0 Å². The maximum atomic E-state index is 12.1. The molecule has 1 aliphatic heterocycles. The van der Waals surface area contributed by atoms with Crippen molar-refractivity contribution < 1.29 is 14.3 Å². The molecule has 1 aromatic rings. The van der Waals surface area contributed by atoms with Gasteiger partial charge in [-0.05, 0) is 46.6 Å². The minimum atomic E-state index is -0.479. The highest BCUT2D eigenvalue weighted by atomic mass is 16.6. The summed E-state index contributed by atoms with van der Waals surface area (Å²) in [5, 5.41) is 7.91. The van der Waals surface area contributed by atoms with Crippen LogP contribution in [0, 0.1) is 6.92 Å². The fourth-order valence-corrected chi connectivity index (χ4v) is 2.22. The first-order valence-corrected chi connectivity index (χ1v) is 7.28. The quantitative estimate of drug-likeness (QED) is 0.857. The molecule has 0 aliphatic carbocycles. The number of amides is 1. The van der Waals surface area contributed by atoms with Gasteiger partial charge in [-0.2, -0.15) is 5.10 Å². The van der Waals surface area contributed by atoms with Crippen molar-refractivity contribution in [2.24, 2.45) is 0 Å².